The summed E-state index contributed by atoms with van der Waals surface area (Å²) in [6.45, 7) is 2.42. The largest absolute Gasteiger partial charge is 0.378 e. The highest BCUT2D eigenvalue weighted by molar-refractivity contribution is 7.09. The average molecular weight is 352 g/mol. The molecular weight excluding hydrogens is 332 g/mol. The first kappa shape index (κ1) is 17.3. The second-order valence-corrected chi connectivity index (χ2v) is 6.81. The van der Waals surface area contributed by atoms with Gasteiger partial charge < -0.3 is 10.1 Å². The molecule has 4 nitrogen and oxygen atoms in total. The molecule has 0 bridgehead atoms. The molecular formula is C20H20N2O2S. The second kappa shape index (κ2) is 7.59. The number of carbonyl (C=O) groups excluding carboxylic acids is 1. The van der Waals surface area contributed by atoms with E-state index in [-0.39, 0.29) is 5.91 Å². The maximum atomic E-state index is 12.8. The van der Waals surface area contributed by atoms with Crippen molar-refractivity contribution >= 4 is 17.2 Å². The first-order chi connectivity index (χ1) is 12.1. The number of nitrogens with zero attached hydrogens (tertiary/aromatic N) is 1. The standard InChI is InChI=1S/C20H20N2O2S/c1-20(15-9-5-3-6-10-15,16-11-7-4-8-12-16)22-19(23)17-14-25-18(21-17)13-24-2/h3-12,14H,13H2,1-2H3,(H,22,23). The molecule has 1 aromatic heterocycles. The number of rotatable bonds is 6. The Hall–Kier alpha value is -2.50. The topological polar surface area (TPSA) is 51.2 Å². The van der Waals surface area contributed by atoms with Gasteiger partial charge in [0.2, 0.25) is 0 Å². The molecule has 0 radical (unpaired) electrons. The Morgan fingerprint density at radius 2 is 1.64 bits per heavy atom. The van der Waals surface area contributed by atoms with Crippen molar-refractivity contribution in [2.24, 2.45) is 0 Å². The van der Waals surface area contributed by atoms with E-state index in [0.29, 0.717) is 12.3 Å². The van der Waals surface area contributed by atoms with E-state index in [1.165, 1.54) is 11.3 Å². The van der Waals surface area contributed by atoms with Gasteiger partial charge in [0.1, 0.15) is 10.7 Å². The number of nitrogens with one attached hydrogen (secondary N) is 1. The molecule has 25 heavy (non-hydrogen) atoms. The maximum absolute atomic E-state index is 12.8. The fourth-order valence-corrected chi connectivity index (χ4v) is 3.49. The van der Waals surface area contributed by atoms with E-state index < -0.39 is 5.54 Å². The summed E-state index contributed by atoms with van der Waals surface area (Å²) in [5.41, 5.74) is 1.80. The van der Waals surface area contributed by atoms with Crippen LogP contribution in [0, 0.1) is 0 Å². The number of aromatic nitrogens is 1. The summed E-state index contributed by atoms with van der Waals surface area (Å²) < 4.78 is 5.08. The van der Waals surface area contributed by atoms with E-state index in [1.807, 2.05) is 67.6 Å². The van der Waals surface area contributed by atoms with Crippen molar-refractivity contribution in [3.63, 3.8) is 0 Å². The fraction of sp³-hybridized carbons (Fsp3) is 0.200. The van der Waals surface area contributed by atoms with E-state index in [2.05, 4.69) is 10.3 Å². The minimum absolute atomic E-state index is 0.200. The zero-order valence-electron chi connectivity index (χ0n) is 14.2. The van der Waals surface area contributed by atoms with Gasteiger partial charge in [0.25, 0.3) is 5.91 Å². The lowest BCUT2D eigenvalue weighted by Gasteiger charge is -2.32. The van der Waals surface area contributed by atoms with Gasteiger partial charge >= 0.3 is 0 Å². The van der Waals surface area contributed by atoms with Crippen molar-refractivity contribution in [1.29, 1.82) is 0 Å². The van der Waals surface area contributed by atoms with Crippen molar-refractivity contribution in [3.8, 4) is 0 Å². The SMILES string of the molecule is COCc1nc(C(=O)NC(C)(c2ccccc2)c2ccccc2)cs1. The van der Waals surface area contributed by atoms with Crippen LogP contribution < -0.4 is 5.32 Å². The molecule has 0 aliphatic carbocycles. The molecule has 0 atom stereocenters. The summed E-state index contributed by atoms with van der Waals surface area (Å²) in [4.78, 5) is 17.2. The molecule has 0 saturated carbocycles. The minimum Gasteiger partial charge on any atom is -0.378 e. The number of thiazole rings is 1. The predicted molar refractivity (Wildman–Crippen MR) is 99.6 cm³/mol. The Morgan fingerprint density at radius 3 is 2.16 bits per heavy atom. The van der Waals surface area contributed by atoms with Gasteiger partial charge in [0.05, 0.1) is 12.1 Å². The third-order valence-electron chi connectivity index (χ3n) is 4.12. The number of amides is 1. The van der Waals surface area contributed by atoms with E-state index in [0.717, 1.165) is 16.1 Å². The average Bonchev–Trinajstić information content (AvgIpc) is 3.12. The van der Waals surface area contributed by atoms with Crippen molar-refractivity contribution < 1.29 is 9.53 Å². The molecule has 1 heterocycles. The minimum atomic E-state index is -0.648. The predicted octanol–water partition coefficient (Wildman–Crippen LogP) is 3.98. The lowest BCUT2D eigenvalue weighted by atomic mass is 9.84. The number of hydrogen-bond donors (Lipinski definition) is 1. The van der Waals surface area contributed by atoms with Crippen LogP contribution in [0.1, 0.15) is 33.5 Å². The fourth-order valence-electron chi connectivity index (χ4n) is 2.75. The van der Waals surface area contributed by atoms with Crippen molar-refractivity contribution in [1.82, 2.24) is 10.3 Å². The molecule has 0 unspecified atom stereocenters. The van der Waals surface area contributed by atoms with Crippen LogP contribution in [-0.4, -0.2) is 18.0 Å². The Morgan fingerprint density at radius 1 is 1.08 bits per heavy atom. The Balaban J connectivity index is 1.94. The molecule has 0 fully saturated rings. The first-order valence-corrected chi connectivity index (χ1v) is 8.88. The van der Waals surface area contributed by atoms with Crippen LogP contribution >= 0.6 is 11.3 Å². The molecule has 128 valence electrons. The zero-order valence-corrected chi connectivity index (χ0v) is 15.0. The smallest absolute Gasteiger partial charge is 0.271 e. The monoisotopic (exact) mass is 352 g/mol. The molecule has 2 aromatic carbocycles. The maximum Gasteiger partial charge on any atom is 0.271 e. The summed E-state index contributed by atoms with van der Waals surface area (Å²) >= 11 is 1.42. The highest BCUT2D eigenvalue weighted by atomic mass is 32.1. The van der Waals surface area contributed by atoms with Gasteiger partial charge in [-0.15, -0.1) is 11.3 Å². The molecule has 0 aliphatic heterocycles. The molecule has 5 heteroatoms. The Kier molecular flexibility index (Phi) is 5.26. The van der Waals surface area contributed by atoms with Crippen LogP contribution in [0.5, 0.6) is 0 Å². The molecule has 3 rings (SSSR count). The van der Waals surface area contributed by atoms with Gasteiger partial charge in [-0.05, 0) is 18.1 Å². The number of carbonyl (C=O) groups is 1. The lowest BCUT2D eigenvalue weighted by Crippen LogP contribution is -2.44. The van der Waals surface area contributed by atoms with Crippen LogP contribution in [0.2, 0.25) is 0 Å². The molecule has 1 amide bonds. The van der Waals surface area contributed by atoms with E-state index >= 15 is 0 Å². The summed E-state index contributed by atoms with van der Waals surface area (Å²) in [7, 11) is 1.61. The number of methoxy groups -OCH3 is 1. The van der Waals surface area contributed by atoms with Crippen LogP contribution in [0.25, 0.3) is 0 Å². The van der Waals surface area contributed by atoms with E-state index in [1.54, 1.807) is 12.5 Å². The van der Waals surface area contributed by atoms with Gasteiger partial charge in [-0.2, -0.15) is 0 Å². The van der Waals surface area contributed by atoms with Crippen molar-refractivity contribution in [2.75, 3.05) is 7.11 Å². The number of hydrogen-bond acceptors (Lipinski definition) is 4. The van der Waals surface area contributed by atoms with E-state index in [4.69, 9.17) is 4.74 Å². The molecule has 3 aromatic rings. The van der Waals surface area contributed by atoms with Crippen molar-refractivity contribution in [2.45, 2.75) is 19.1 Å². The lowest BCUT2D eigenvalue weighted by molar-refractivity contribution is 0.0914. The Labute approximate surface area is 151 Å². The second-order valence-electron chi connectivity index (χ2n) is 5.87. The van der Waals surface area contributed by atoms with Crippen LogP contribution in [0.4, 0.5) is 0 Å². The van der Waals surface area contributed by atoms with Crippen molar-refractivity contribution in [3.05, 3.63) is 87.9 Å². The van der Waals surface area contributed by atoms with Gasteiger partial charge in [-0.1, -0.05) is 60.7 Å². The number of ether oxygens (including phenoxy) is 1. The van der Waals surface area contributed by atoms with Gasteiger partial charge in [-0.3, -0.25) is 4.79 Å². The molecule has 0 aliphatic rings. The quantitative estimate of drug-likeness (QED) is 0.730. The summed E-state index contributed by atoms with van der Waals surface area (Å²) in [6.07, 6.45) is 0. The molecule has 0 saturated heterocycles. The number of benzene rings is 2. The molecule has 0 spiro atoms. The summed E-state index contributed by atoms with van der Waals surface area (Å²) in [6, 6.07) is 19.9. The van der Waals surface area contributed by atoms with Gasteiger partial charge in [0, 0.05) is 12.5 Å². The van der Waals surface area contributed by atoms with Crippen LogP contribution in [0.15, 0.2) is 66.0 Å². The summed E-state index contributed by atoms with van der Waals surface area (Å²) in [5.74, 6) is -0.200. The Bertz CT molecular complexity index is 792. The summed E-state index contributed by atoms with van der Waals surface area (Å²) in [5, 5.41) is 5.71. The molecule has 1 N–H and O–H groups in total. The van der Waals surface area contributed by atoms with Crippen LogP contribution in [0.3, 0.4) is 0 Å². The van der Waals surface area contributed by atoms with Gasteiger partial charge in [-0.25, -0.2) is 4.98 Å². The highest BCUT2D eigenvalue weighted by Crippen LogP contribution is 2.29. The first-order valence-electron chi connectivity index (χ1n) is 8.00. The van der Waals surface area contributed by atoms with Gasteiger partial charge in [0.15, 0.2) is 0 Å². The third kappa shape index (κ3) is 3.78. The normalized spacial score (nSPS) is 11.3. The van der Waals surface area contributed by atoms with E-state index in [9.17, 15) is 4.79 Å². The van der Waals surface area contributed by atoms with Crippen LogP contribution in [-0.2, 0) is 16.9 Å². The third-order valence-corrected chi connectivity index (χ3v) is 4.94. The zero-order chi connectivity index (χ0) is 17.7. The highest BCUT2D eigenvalue weighted by Gasteiger charge is 2.31.